The largest absolute Gasteiger partial charge is 0.327 e. The number of rotatable bonds is 6. The summed E-state index contributed by atoms with van der Waals surface area (Å²) >= 11 is 1.87. The molecule has 130 valence electrons. The first-order chi connectivity index (χ1) is 12.9. The third-order valence-electron chi connectivity index (χ3n) is 4.47. The molecule has 2 nitrogen and oxygen atoms in total. The van der Waals surface area contributed by atoms with E-state index in [2.05, 4.69) is 96.4 Å². The van der Waals surface area contributed by atoms with Crippen molar-refractivity contribution in [3.8, 4) is 0 Å². The molecule has 1 unspecified atom stereocenters. The van der Waals surface area contributed by atoms with Crippen molar-refractivity contribution in [2.24, 2.45) is 0 Å². The van der Waals surface area contributed by atoms with Crippen LogP contribution in [0.25, 0.3) is 11.0 Å². The van der Waals surface area contributed by atoms with Crippen molar-refractivity contribution in [2.45, 2.75) is 30.0 Å². The highest BCUT2D eigenvalue weighted by Crippen LogP contribution is 2.41. The van der Waals surface area contributed by atoms with Gasteiger partial charge in [0.05, 0.1) is 16.3 Å². The lowest BCUT2D eigenvalue weighted by atomic mass is 10.1. The van der Waals surface area contributed by atoms with Crippen LogP contribution >= 0.6 is 11.8 Å². The summed E-state index contributed by atoms with van der Waals surface area (Å²) in [5, 5.41) is 0.164. The smallest absolute Gasteiger partial charge is 0.127 e. The van der Waals surface area contributed by atoms with Gasteiger partial charge in [0.15, 0.2) is 0 Å². The van der Waals surface area contributed by atoms with Gasteiger partial charge in [0.1, 0.15) is 5.82 Å². The van der Waals surface area contributed by atoms with Crippen molar-refractivity contribution in [1.82, 2.24) is 9.55 Å². The maximum Gasteiger partial charge on any atom is 0.127 e. The van der Waals surface area contributed by atoms with E-state index in [-0.39, 0.29) is 5.25 Å². The summed E-state index contributed by atoms with van der Waals surface area (Å²) in [7, 11) is 0. The number of nitrogens with zero attached hydrogens (tertiary/aromatic N) is 2. The molecule has 3 heteroatoms. The number of benzene rings is 3. The molecule has 3 aromatic carbocycles. The molecule has 0 aliphatic heterocycles. The van der Waals surface area contributed by atoms with E-state index in [0.717, 1.165) is 24.3 Å². The van der Waals surface area contributed by atoms with E-state index < -0.39 is 0 Å². The van der Waals surface area contributed by atoms with Gasteiger partial charge >= 0.3 is 0 Å². The molecule has 1 atom stereocenters. The summed E-state index contributed by atoms with van der Waals surface area (Å²) in [5.41, 5.74) is 3.58. The van der Waals surface area contributed by atoms with E-state index in [1.807, 2.05) is 11.8 Å². The van der Waals surface area contributed by atoms with E-state index >= 15 is 0 Å². The van der Waals surface area contributed by atoms with Gasteiger partial charge in [-0.15, -0.1) is 11.8 Å². The number of fused-ring (bicyclic) bond motifs is 1. The van der Waals surface area contributed by atoms with E-state index in [9.17, 15) is 0 Å². The molecule has 4 rings (SSSR count). The van der Waals surface area contributed by atoms with Crippen molar-refractivity contribution in [2.75, 3.05) is 0 Å². The fourth-order valence-corrected chi connectivity index (χ4v) is 4.45. The first-order valence-electron chi connectivity index (χ1n) is 9.08. The summed E-state index contributed by atoms with van der Waals surface area (Å²) in [6.45, 7) is 3.20. The Morgan fingerprint density at radius 3 is 2.23 bits per heavy atom. The first-order valence-corrected chi connectivity index (χ1v) is 9.96. The van der Waals surface area contributed by atoms with E-state index in [4.69, 9.17) is 4.98 Å². The number of aromatic nitrogens is 2. The van der Waals surface area contributed by atoms with Crippen LogP contribution in [-0.4, -0.2) is 9.55 Å². The van der Waals surface area contributed by atoms with Crippen LogP contribution < -0.4 is 0 Å². The van der Waals surface area contributed by atoms with Crippen LogP contribution in [0.15, 0.2) is 89.8 Å². The van der Waals surface area contributed by atoms with Crippen LogP contribution in [0.4, 0.5) is 0 Å². The molecule has 0 aliphatic rings. The molecule has 0 saturated heterocycles. The Morgan fingerprint density at radius 2 is 1.50 bits per heavy atom. The third kappa shape index (κ3) is 3.40. The lowest BCUT2D eigenvalue weighted by Gasteiger charge is -2.19. The topological polar surface area (TPSA) is 17.8 Å². The Hall–Kier alpha value is -2.52. The number of imidazole rings is 1. The van der Waals surface area contributed by atoms with Gasteiger partial charge in [-0.25, -0.2) is 4.98 Å². The number of hydrogen-bond donors (Lipinski definition) is 0. The molecule has 1 heterocycles. The van der Waals surface area contributed by atoms with Crippen LogP contribution in [0.1, 0.15) is 30.0 Å². The summed E-state index contributed by atoms with van der Waals surface area (Å²) in [6, 6.07) is 29.8. The molecule has 0 aliphatic carbocycles. The molecule has 1 aromatic heterocycles. The van der Waals surface area contributed by atoms with Crippen LogP contribution in [0.5, 0.6) is 0 Å². The van der Waals surface area contributed by atoms with E-state index in [1.165, 1.54) is 16.0 Å². The van der Waals surface area contributed by atoms with Crippen molar-refractivity contribution < 1.29 is 0 Å². The van der Waals surface area contributed by atoms with Crippen molar-refractivity contribution in [1.29, 1.82) is 0 Å². The van der Waals surface area contributed by atoms with Crippen molar-refractivity contribution in [3.63, 3.8) is 0 Å². The van der Waals surface area contributed by atoms with Gasteiger partial charge in [0.25, 0.3) is 0 Å². The Labute approximate surface area is 158 Å². The predicted octanol–water partition coefficient (Wildman–Crippen LogP) is 6.33. The van der Waals surface area contributed by atoms with Crippen LogP contribution in [0.3, 0.4) is 0 Å². The standard InChI is InChI=1S/C23H22N2S/c1-2-17-25-21-16-10-9-15-20(21)24-23(25)22(18-11-5-3-6-12-18)26-19-13-7-4-8-14-19/h3-16,22H,2,17H2,1H3. The molecule has 0 N–H and O–H groups in total. The van der Waals surface area contributed by atoms with Gasteiger partial charge in [-0.1, -0.05) is 67.6 Å². The Balaban J connectivity index is 1.86. The highest BCUT2D eigenvalue weighted by Gasteiger charge is 2.23. The molecule has 0 fully saturated rings. The fraction of sp³-hybridized carbons (Fsp3) is 0.174. The van der Waals surface area contributed by atoms with Crippen LogP contribution in [-0.2, 0) is 6.54 Å². The molecule has 0 bridgehead atoms. The SMILES string of the molecule is CCCn1c(C(Sc2ccccc2)c2ccccc2)nc2ccccc21. The van der Waals surface area contributed by atoms with Gasteiger partial charge in [0, 0.05) is 11.4 Å². The lowest BCUT2D eigenvalue weighted by Crippen LogP contribution is -2.08. The summed E-state index contributed by atoms with van der Waals surface area (Å²) < 4.78 is 2.39. The van der Waals surface area contributed by atoms with Gasteiger partial charge in [-0.2, -0.15) is 0 Å². The average Bonchev–Trinajstić information content (AvgIpc) is 3.06. The molecule has 0 radical (unpaired) electrons. The Morgan fingerprint density at radius 1 is 0.846 bits per heavy atom. The fourth-order valence-electron chi connectivity index (χ4n) is 3.29. The monoisotopic (exact) mass is 358 g/mol. The normalized spacial score (nSPS) is 12.3. The Bertz CT molecular complexity index is 977. The molecule has 0 spiro atoms. The minimum Gasteiger partial charge on any atom is -0.327 e. The van der Waals surface area contributed by atoms with Gasteiger partial charge in [-0.3, -0.25) is 0 Å². The van der Waals surface area contributed by atoms with Crippen LogP contribution in [0, 0.1) is 0 Å². The summed E-state index contributed by atoms with van der Waals surface area (Å²) in [5.74, 6) is 1.13. The maximum atomic E-state index is 5.05. The maximum absolute atomic E-state index is 5.05. The third-order valence-corrected chi connectivity index (χ3v) is 5.73. The molecule has 4 aromatic rings. The molecule has 0 saturated carbocycles. The number of para-hydroxylation sites is 2. The zero-order valence-electron chi connectivity index (χ0n) is 14.9. The van der Waals surface area contributed by atoms with E-state index in [1.54, 1.807) is 0 Å². The summed E-state index contributed by atoms with van der Waals surface area (Å²) in [6.07, 6.45) is 1.09. The van der Waals surface area contributed by atoms with Gasteiger partial charge in [-0.05, 0) is 36.2 Å². The molecular formula is C23H22N2S. The molecule has 0 amide bonds. The number of aryl methyl sites for hydroxylation is 1. The van der Waals surface area contributed by atoms with Gasteiger partial charge < -0.3 is 4.57 Å². The highest BCUT2D eigenvalue weighted by atomic mass is 32.2. The molecular weight excluding hydrogens is 336 g/mol. The highest BCUT2D eigenvalue weighted by molar-refractivity contribution is 7.99. The zero-order valence-corrected chi connectivity index (χ0v) is 15.7. The van der Waals surface area contributed by atoms with Crippen LogP contribution in [0.2, 0.25) is 0 Å². The predicted molar refractivity (Wildman–Crippen MR) is 111 cm³/mol. The zero-order chi connectivity index (χ0) is 17.8. The lowest BCUT2D eigenvalue weighted by molar-refractivity contribution is 0.661. The summed E-state index contributed by atoms with van der Waals surface area (Å²) in [4.78, 5) is 6.31. The molecule has 26 heavy (non-hydrogen) atoms. The average molecular weight is 359 g/mol. The second kappa shape index (κ2) is 7.79. The van der Waals surface area contributed by atoms with Crippen molar-refractivity contribution in [3.05, 3.63) is 96.3 Å². The Kier molecular flexibility index (Phi) is 5.07. The number of hydrogen-bond acceptors (Lipinski definition) is 2. The van der Waals surface area contributed by atoms with Gasteiger partial charge in [0.2, 0.25) is 0 Å². The second-order valence-electron chi connectivity index (χ2n) is 6.33. The number of thioether (sulfide) groups is 1. The first kappa shape index (κ1) is 16.9. The van der Waals surface area contributed by atoms with E-state index in [0.29, 0.717) is 0 Å². The minimum atomic E-state index is 0.164. The van der Waals surface area contributed by atoms with Crippen molar-refractivity contribution >= 4 is 22.8 Å². The quantitative estimate of drug-likeness (QED) is 0.375. The second-order valence-corrected chi connectivity index (χ2v) is 7.51. The minimum absolute atomic E-state index is 0.164.